The molecule has 3 rings (SSSR count). The summed E-state index contributed by atoms with van der Waals surface area (Å²) in [6.45, 7) is 5.45. The number of anilines is 2. The van der Waals surface area contributed by atoms with Crippen LogP contribution < -0.4 is 10.2 Å². The first-order valence-electron chi connectivity index (χ1n) is 8.95. The number of amides is 1. The molecule has 0 radical (unpaired) electrons. The standard InChI is InChI=1S/C17H28N6O2/c1-21(2)16-11-15(18-13-19-16)20-14-3-5-22(6-4-14)7-8-23-9-10-25-12-17(23)24/h11,13-14H,3-10,12H2,1-2H3,(H,18,19,20). The summed E-state index contributed by atoms with van der Waals surface area (Å²) < 4.78 is 5.17. The quantitative estimate of drug-likeness (QED) is 0.791. The largest absolute Gasteiger partial charge is 0.370 e. The Labute approximate surface area is 149 Å². The molecule has 25 heavy (non-hydrogen) atoms. The minimum atomic E-state index is 0.114. The summed E-state index contributed by atoms with van der Waals surface area (Å²) in [5.41, 5.74) is 0. The fourth-order valence-electron chi connectivity index (χ4n) is 3.23. The fourth-order valence-corrected chi connectivity index (χ4v) is 3.23. The molecule has 0 unspecified atom stereocenters. The van der Waals surface area contributed by atoms with Gasteiger partial charge in [-0.25, -0.2) is 9.97 Å². The summed E-state index contributed by atoms with van der Waals surface area (Å²) in [5.74, 6) is 1.91. The average Bonchev–Trinajstić information content (AvgIpc) is 2.62. The van der Waals surface area contributed by atoms with Crippen LogP contribution in [-0.2, 0) is 9.53 Å². The summed E-state index contributed by atoms with van der Waals surface area (Å²) in [6, 6.07) is 2.42. The van der Waals surface area contributed by atoms with E-state index in [1.807, 2.05) is 30.0 Å². The van der Waals surface area contributed by atoms with Crippen LogP contribution in [-0.4, -0.2) is 91.7 Å². The van der Waals surface area contributed by atoms with Gasteiger partial charge >= 0.3 is 0 Å². The number of hydrogen-bond donors (Lipinski definition) is 1. The van der Waals surface area contributed by atoms with Gasteiger partial charge in [0.1, 0.15) is 24.6 Å². The van der Waals surface area contributed by atoms with Crippen molar-refractivity contribution in [1.82, 2.24) is 19.8 Å². The van der Waals surface area contributed by atoms with Crippen LogP contribution in [0.4, 0.5) is 11.6 Å². The first-order valence-corrected chi connectivity index (χ1v) is 8.95. The molecule has 138 valence electrons. The highest BCUT2D eigenvalue weighted by Crippen LogP contribution is 2.17. The van der Waals surface area contributed by atoms with E-state index in [4.69, 9.17) is 4.74 Å². The number of piperidine rings is 1. The van der Waals surface area contributed by atoms with Crippen molar-refractivity contribution >= 4 is 17.5 Å². The molecule has 1 amide bonds. The first-order chi connectivity index (χ1) is 12.1. The molecule has 0 atom stereocenters. The molecule has 0 bridgehead atoms. The van der Waals surface area contributed by atoms with Gasteiger partial charge in [-0.1, -0.05) is 0 Å². The normalized spacial score (nSPS) is 19.9. The monoisotopic (exact) mass is 348 g/mol. The van der Waals surface area contributed by atoms with Crippen molar-refractivity contribution in [2.24, 2.45) is 0 Å². The van der Waals surface area contributed by atoms with Gasteiger partial charge < -0.3 is 24.8 Å². The van der Waals surface area contributed by atoms with Crippen LogP contribution in [0.1, 0.15) is 12.8 Å². The lowest BCUT2D eigenvalue weighted by molar-refractivity contribution is -0.142. The molecule has 0 aromatic carbocycles. The van der Waals surface area contributed by atoms with Gasteiger partial charge in [-0.15, -0.1) is 0 Å². The molecular weight excluding hydrogens is 320 g/mol. The van der Waals surface area contributed by atoms with E-state index in [1.165, 1.54) is 0 Å². The van der Waals surface area contributed by atoms with Crippen molar-refractivity contribution < 1.29 is 9.53 Å². The van der Waals surface area contributed by atoms with Crippen molar-refractivity contribution in [3.8, 4) is 0 Å². The number of nitrogens with one attached hydrogen (secondary N) is 1. The lowest BCUT2D eigenvalue weighted by Gasteiger charge is -2.35. The zero-order valence-corrected chi connectivity index (χ0v) is 15.1. The highest BCUT2D eigenvalue weighted by Gasteiger charge is 2.22. The van der Waals surface area contributed by atoms with E-state index in [9.17, 15) is 4.79 Å². The lowest BCUT2D eigenvalue weighted by atomic mass is 10.1. The number of rotatable bonds is 6. The van der Waals surface area contributed by atoms with Crippen LogP contribution in [0.3, 0.4) is 0 Å². The maximum absolute atomic E-state index is 11.8. The summed E-state index contributed by atoms with van der Waals surface area (Å²) in [4.78, 5) is 26.6. The second-order valence-corrected chi connectivity index (χ2v) is 6.85. The van der Waals surface area contributed by atoms with Gasteiger partial charge in [0.15, 0.2) is 0 Å². The van der Waals surface area contributed by atoms with Crippen molar-refractivity contribution in [3.05, 3.63) is 12.4 Å². The average molecular weight is 348 g/mol. The van der Waals surface area contributed by atoms with Gasteiger partial charge in [-0.3, -0.25) is 4.79 Å². The van der Waals surface area contributed by atoms with Crippen LogP contribution >= 0.6 is 0 Å². The van der Waals surface area contributed by atoms with E-state index in [0.717, 1.165) is 57.2 Å². The highest BCUT2D eigenvalue weighted by molar-refractivity contribution is 5.77. The molecule has 1 aromatic heterocycles. The van der Waals surface area contributed by atoms with E-state index in [0.29, 0.717) is 12.6 Å². The Morgan fingerprint density at radius 3 is 2.76 bits per heavy atom. The number of morpholine rings is 1. The van der Waals surface area contributed by atoms with Gasteiger partial charge in [0.05, 0.1) is 6.61 Å². The predicted molar refractivity (Wildman–Crippen MR) is 96.8 cm³/mol. The van der Waals surface area contributed by atoms with Crippen LogP contribution in [0.5, 0.6) is 0 Å². The van der Waals surface area contributed by atoms with E-state index < -0.39 is 0 Å². The van der Waals surface area contributed by atoms with E-state index in [1.54, 1.807) is 6.33 Å². The van der Waals surface area contributed by atoms with Crippen molar-refractivity contribution in [1.29, 1.82) is 0 Å². The molecule has 8 heteroatoms. The smallest absolute Gasteiger partial charge is 0.248 e. The maximum Gasteiger partial charge on any atom is 0.248 e. The molecule has 0 spiro atoms. The van der Waals surface area contributed by atoms with Crippen LogP contribution in [0.2, 0.25) is 0 Å². The molecule has 2 fully saturated rings. The minimum absolute atomic E-state index is 0.114. The predicted octanol–water partition coefficient (Wildman–Crippen LogP) is 0.278. The number of carbonyl (C=O) groups excluding carboxylic acids is 1. The molecule has 0 saturated carbocycles. The van der Waals surface area contributed by atoms with Gasteiger partial charge in [0.2, 0.25) is 5.91 Å². The number of ether oxygens (including phenoxy) is 1. The number of carbonyl (C=O) groups is 1. The number of nitrogens with zero attached hydrogens (tertiary/aromatic N) is 5. The summed E-state index contributed by atoms with van der Waals surface area (Å²) in [5, 5.41) is 3.52. The van der Waals surface area contributed by atoms with E-state index in [-0.39, 0.29) is 12.5 Å². The van der Waals surface area contributed by atoms with Crippen molar-refractivity contribution in [2.45, 2.75) is 18.9 Å². The van der Waals surface area contributed by atoms with Crippen molar-refractivity contribution in [3.63, 3.8) is 0 Å². The Hall–Kier alpha value is -1.93. The zero-order valence-electron chi connectivity index (χ0n) is 15.1. The summed E-state index contributed by atoms with van der Waals surface area (Å²) >= 11 is 0. The lowest BCUT2D eigenvalue weighted by Crippen LogP contribution is -2.47. The molecule has 2 aliphatic heterocycles. The Morgan fingerprint density at radius 2 is 2.04 bits per heavy atom. The van der Waals surface area contributed by atoms with E-state index >= 15 is 0 Å². The second-order valence-electron chi connectivity index (χ2n) is 6.85. The molecule has 3 heterocycles. The zero-order chi connectivity index (χ0) is 17.6. The summed E-state index contributed by atoms with van der Waals surface area (Å²) in [6.07, 6.45) is 3.77. The third-order valence-electron chi connectivity index (χ3n) is 4.82. The van der Waals surface area contributed by atoms with E-state index in [2.05, 4.69) is 20.2 Å². The number of aromatic nitrogens is 2. The molecular formula is C17H28N6O2. The first kappa shape index (κ1) is 17.9. The Kier molecular flexibility index (Phi) is 6.04. The minimum Gasteiger partial charge on any atom is -0.370 e. The number of likely N-dealkylation sites (tertiary alicyclic amines) is 1. The van der Waals surface area contributed by atoms with Gasteiger partial charge in [0, 0.05) is 58.9 Å². The fraction of sp³-hybridized carbons (Fsp3) is 0.706. The Bertz CT molecular complexity index is 574. The summed E-state index contributed by atoms with van der Waals surface area (Å²) in [7, 11) is 3.95. The van der Waals surface area contributed by atoms with Gasteiger partial charge in [0.25, 0.3) is 0 Å². The maximum atomic E-state index is 11.8. The second kappa shape index (κ2) is 8.44. The third-order valence-corrected chi connectivity index (χ3v) is 4.82. The van der Waals surface area contributed by atoms with Crippen LogP contribution in [0.25, 0.3) is 0 Å². The topological polar surface area (TPSA) is 73.8 Å². The molecule has 2 aliphatic rings. The number of hydrogen-bond acceptors (Lipinski definition) is 7. The SMILES string of the molecule is CN(C)c1cc(NC2CCN(CCN3CCOCC3=O)CC2)ncn1. The molecule has 1 aromatic rings. The Morgan fingerprint density at radius 1 is 1.24 bits per heavy atom. The van der Waals surface area contributed by atoms with Crippen molar-refractivity contribution in [2.75, 3.05) is 70.2 Å². The molecule has 1 N–H and O–H groups in total. The van der Waals surface area contributed by atoms with Crippen LogP contribution in [0, 0.1) is 0 Å². The molecule has 0 aliphatic carbocycles. The molecule has 8 nitrogen and oxygen atoms in total. The van der Waals surface area contributed by atoms with Gasteiger partial charge in [-0.05, 0) is 12.8 Å². The van der Waals surface area contributed by atoms with Crippen LogP contribution in [0.15, 0.2) is 12.4 Å². The molecule has 2 saturated heterocycles. The highest BCUT2D eigenvalue weighted by atomic mass is 16.5. The Balaban J connectivity index is 1.41. The third kappa shape index (κ3) is 5.02. The van der Waals surface area contributed by atoms with Gasteiger partial charge in [-0.2, -0.15) is 0 Å².